The molecule has 1 fully saturated rings. The Morgan fingerprint density at radius 2 is 1.41 bits per heavy atom. The van der Waals surface area contributed by atoms with Crippen molar-refractivity contribution in [3.8, 4) is 5.75 Å². The molecule has 3 aromatic carbocycles. The third-order valence-corrected chi connectivity index (χ3v) is 7.23. The van der Waals surface area contributed by atoms with Crippen molar-refractivity contribution in [3.63, 3.8) is 0 Å². The standard InChI is InChI=1S/C30H31F6N3O2/c1-21(40)39(19-22-16-23(29(31,32)33)18-24(17-22)30(34,35)36)20-27(26-10-6-7-11-28(26)41-2)38-14-12-37(13-15-38)25-8-4-3-5-9-25/h3-11,16-18,27H,12-15,19-20H2,1-2H3. The Hall–Kier alpha value is -3.73. The van der Waals surface area contributed by atoms with E-state index in [0.29, 0.717) is 44.1 Å². The first-order chi connectivity index (χ1) is 19.4. The molecule has 4 rings (SSSR count). The molecule has 41 heavy (non-hydrogen) atoms. The Kier molecular flexibility index (Phi) is 9.16. The minimum absolute atomic E-state index is 0.0403. The van der Waals surface area contributed by atoms with Crippen LogP contribution in [0.4, 0.5) is 32.0 Å². The fraction of sp³-hybridized carbons (Fsp3) is 0.367. The van der Waals surface area contributed by atoms with Gasteiger partial charge in [-0.15, -0.1) is 0 Å². The van der Waals surface area contributed by atoms with Gasteiger partial charge in [0, 0.05) is 57.4 Å². The second-order valence-corrected chi connectivity index (χ2v) is 9.93. The third kappa shape index (κ3) is 7.52. The highest BCUT2D eigenvalue weighted by Gasteiger charge is 2.37. The summed E-state index contributed by atoms with van der Waals surface area (Å²) in [5.41, 5.74) is -1.23. The fourth-order valence-electron chi connectivity index (χ4n) is 5.13. The average Bonchev–Trinajstić information content (AvgIpc) is 2.94. The van der Waals surface area contributed by atoms with Gasteiger partial charge in [0.05, 0.1) is 24.3 Å². The third-order valence-electron chi connectivity index (χ3n) is 7.23. The second kappa shape index (κ2) is 12.4. The molecule has 220 valence electrons. The molecule has 0 aromatic heterocycles. The molecule has 1 heterocycles. The van der Waals surface area contributed by atoms with Crippen molar-refractivity contribution in [2.45, 2.75) is 31.9 Å². The summed E-state index contributed by atoms with van der Waals surface area (Å²) in [4.78, 5) is 18.5. The molecule has 0 spiro atoms. The van der Waals surface area contributed by atoms with E-state index >= 15 is 0 Å². The van der Waals surface area contributed by atoms with Crippen molar-refractivity contribution in [1.82, 2.24) is 9.80 Å². The molecule has 1 aliphatic heterocycles. The fourth-order valence-corrected chi connectivity index (χ4v) is 5.13. The zero-order valence-electron chi connectivity index (χ0n) is 22.7. The van der Waals surface area contributed by atoms with Gasteiger partial charge in [0.2, 0.25) is 5.91 Å². The lowest BCUT2D eigenvalue weighted by molar-refractivity contribution is -0.143. The number of carbonyl (C=O) groups is 1. The second-order valence-electron chi connectivity index (χ2n) is 9.93. The first kappa shape index (κ1) is 30.2. The summed E-state index contributed by atoms with van der Waals surface area (Å²) in [5.74, 6) is 0.101. The van der Waals surface area contributed by atoms with Gasteiger partial charge in [-0.05, 0) is 42.0 Å². The quantitative estimate of drug-likeness (QED) is 0.280. The van der Waals surface area contributed by atoms with E-state index in [1.54, 1.807) is 12.1 Å². The first-order valence-corrected chi connectivity index (χ1v) is 13.1. The molecule has 0 N–H and O–H groups in total. The lowest BCUT2D eigenvalue weighted by Gasteiger charge is -2.42. The first-order valence-electron chi connectivity index (χ1n) is 13.1. The van der Waals surface area contributed by atoms with Crippen LogP contribution in [-0.2, 0) is 23.7 Å². The van der Waals surface area contributed by atoms with Gasteiger partial charge in [-0.1, -0.05) is 36.4 Å². The number of methoxy groups -OCH3 is 1. The summed E-state index contributed by atoms with van der Waals surface area (Å²) in [6.45, 7) is 3.49. The van der Waals surface area contributed by atoms with Crippen molar-refractivity contribution in [2.24, 2.45) is 0 Å². The van der Waals surface area contributed by atoms with Crippen LogP contribution in [0, 0.1) is 0 Å². The zero-order valence-corrected chi connectivity index (χ0v) is 22.7. The van der Waals surface area contributed by atoms with Gasteiger partial charge in [0.15, 0.2) is 0 Å². The predicted molar refractivity (Wildman–Crippen MR) is 143 cm³/mol. The number of para-hydroxylation sites is 2. The van der Waals surface area contributed by atoms with E-state index in [2.05, 4.69) is 9.80 Å². The van der Waals surface area contributed by atoms with Crippen molar-refractivity contribution in [2.75, 3.05) is 44.7 Å². The largest absolute Gasteiger partial charge is 0.496 e. The minimum atomic E-state index is -4.98. The van der Waals surface area contributed by atoms with E-state index in [4.69, 9.17) is 4.74 Å². The maximum atomic E-state index is 13.5. The number of nitrogens with zero attached hydrogens (tertiary/aromatic N) is 3. The highest BCUT2D eigenvalue weighted by Crippen LogP contribution is 2.37. The lowest BCUT2D eigenvalue weighted by atomic mass is 10.0. The van der Waals surface area contributed by atoms with Gasteiger partial charge in [0.1, 0.15) is 5.75 Å². The highest BCUT2D eigenvalue weighted by atomic mass is 19.4. The van der Waals surface area contributed by atoms with Crippen LogP contribution in [0.5, 0.6) is 5.75 Å². The van der Waals surface area contributed by atoms with Crippen molar-refractivity contribution in [1.29, 1.82) is 0 Å². The Labute approximate surface area is 234 Å². The van der Waals surface area contributed by atoms with Gasteiger partial charge in [0.25, 0.3) is 0 Å². The summed E-state index contributed by atoms with van der Waals surface area (Å²) >= 11 is 0. The van der Waals surface area contributed by atoms with Gasteiger partial charge in [-0.25, -0.2) is 0 Å². The van der Waals surface area contributed by atoms with Crippen molar-refractivity contribution < 1.29 is 35.9 Å². The van der Waals surface area contributed by atoms with E-state index in [1.165, 1.54) is 18.9 Å². The van der Waals surface area contributed by atoms with Gasteiger partial charge in [-0.2, -0.15) is 26.3 Å². The maximum Gasteiger partial charge on any atom is 0.416 e. The molecule has 3 aromatic rings. The summed E-state index contributed by atoms with van der Waals surface area (Å²) in [7, 11) is 1.52. The average molecular weight is 580 g/mol. The van der Waals surface area contributed by atoms with Crippen LogP contribution >= 0.6 is 0 Å². The molecule has 0 radical (unpaired) electrons. The van der Waals surface area contributed by atoms with Gasteiger partial charge in [-0.3, -0.25) is 9.69 Å². The van der Waals surface area contributed by atoms with E-state index < -0.39 is 42.0 Å². The van der Waals surface area contributed by atoms with Gasteiger partial charge < -0.3 is 14.5 Å². The molecule has 1 saturated heterocycles. The number of carbonyl (C=O) groups excluding carboxylic acids is 1. The number of hydrogen-bond acceptors (Lipinski definition) is 4. The lowest BCUT2D eigenvalue weighted by Crippen LogP contribution is -2.50. The number of ether oxygens (including phenoxy) is 1. The Morgan fingerprint density at radius 1 is 0.854 bits per heavy atom. The summed E-state index contributed by atoms with van der Waals surface area (Å²) in [5, 5.41) is 0. The van der Waals surface area contributed by atoms with E-state index in [9.17, 15) is 31.1 Å². The number of halogens is 6. The Morgan fingerprint density at radius 3 is 1.95 bits per heavy atom. The molecular weight excluding hydrogens is 548 g/mol. The van der Waals surface area contributed by atoms with Crippen molar-refractivity contribution >= 4 is 11.6 Å². The van der Waals surface area contributed by atoms with Crippen LogP contribution in [0.25, 0.3) is 0 Å². The smallest absolute Gasteiger partial charge is 0.416 e. The molecule has 1 amide bonds. The monoisotopic (exact) mass is 579 g/mol. The molecule has 0 bridgehead atoms. The number of amides is 1. The van der Waals surface area contributed by atoms with Crippen LogP contribution in [0.2, 0.25) is 0 Å². The number of alkyl halides is 6. The summed E-state index contributed by atoms with van der Waals surface area (Å²) < 4.78 is 86.4. The number of hydrogen-bond donors (Lipinski definition) is 0. The predicted octanol–water partition coefficient (Wildman–Crippen LogP) is 6.64. The normalized spacial score (nSPS) is 15.5. The summed E-state index contributed by atoms with van der Waals surface area (Å²) in [6.07, 6.45) is -9.95. The Balaban J connectivity index is 1.64. The number of anilines is 1. The molecule has 0 aliphatic carbocycles. The number of rotatable bonds is 8. The molecule has 1 unspecified atom stereocenters. The molecule has 11 heteroatoms. The van der Waals surface area contributed by atoms with Crippen LogP contribution in [0.15, 0.2) is 72.8 Å². The topological polar surface area (TPSA) is 36.0 Å². The minimum Gasteiger partial charge on any atom is -0.496 e. The van der Waals surface area contributed by atoms with Crippen LogP contribution in [-0.4, -0.2) is 55.5 Å². The van der Waals surface area contributed by atoms with Crippen LogP contribution in [0.1, 0.15) is 35.2 Å². The number of piperazine rings is 1. The Bertz CT molecular complexity index is 1290. The number of benzene rings is 3. The summed E-state index contributed by atoms with van der Waals surface area (Å²) in [6, 6.07) is 18.2. The van der Waals surface area contributed by atoms with Crippen molar-refractivity contribution in [3.05, 3.63) is 95.1 Å². The zero-order chi connectivity index (χ0) is 29.8. The van der Waals surface area contributed by atoms with E-state index in [0.717, 1.165) is 11.3 Å². The molecular formula is C30H31F6N3O2. The van der Waals surface area contributed by atoms with Crippen LogP contribution in [0.3, 0.4) is 0 Å². The SMILES string of the molecule is COc1ccccc1C(CN(Cc1cc(C(F)(F)F)cc(C(F)(F)F)c1)C(C)=O)N1CCN(c2ccccc2)CC1. The molecule has 0 saturated carbocycles. The van der Waals surface area contributed by atoms with E-state index in [1.807, 2.05) is 42.5 Å². The highest BCUT2D eigenvalue weighted by molar-refractivity contribution is 5.73. The molecule has 5 nitrogen and oxygen atoms in total. The van der Waals surface area contributed by atoms with Gasteiger partial charge >= 0.3 is 12.4 Å². The molecule has 1 aliphatic rings. The maximum absolute atomic E-state index is 13.5. The van der Waals surface area contributed by atoms with E-state index in [-0.39, 0.29) is 18.2 Å². The van der Waals surface area contributed by atoms with Crippen LogP contribution < -0.4 is 9.64 Å². The molecule has 1 atom stereocenters.